The number of allylic oxidation sites excluding steroid dienone is 1. The summed E-state index contributed by atoms with van der Waals surface area (Å²) < 4.78 is 19.0. The molecule has 4 rings (SSSR count). The number of ether oxygens (including phenoxy) is 3. The second kappa shape index (κ2) is 11.4. The number of rotatable bonds is 8. The Morgan fingerprint density at radius 3 is 2.54 bits per heavy atom. The lowest BCUT2D eigenvalue weighted by Crippen LogP contribution is -2.40. The topological polar surface area (TPSA) is 79.1 Å². The molecule has 0 N–H and O–H groups in total. The third-order valence-electron chi connectivity index (χ3n) is 5.80. The first kappa shape index (κ1) is 26.8. The monoisotopic (exact) mass is 538 g/mol. The van der Waals surface area contributed by atoms with Crippen molar-refractivity contribution in [3.05, 3.63) is 84.5 Å². The maximum Gasteiger partial charge on any atom is 0.338 e. The van der Waals surface area contributed by atoms with Crippen LogP contribution in [0.15, 0.2) is 68.4 Å². The van der Waals surface area contributed by atoms with Crippen molar-refractivity contribution in [2.75, 3.05) is 20.0 Å². The highest BCUT2D eigenvalue weighted by Gasteiger charge is 2.34. The summed E-state index contributed by atoms with van der Waals surface area (Å²) in [6.07, 6.45) is 3.83. The summed E-state index contributed by atoms with van der Waals surface area (Å²) in [6, 6.07) is 12.7. The highest BCUT2D eigenvalue weighted by molar-refractivity contribution is 7.98. The van der Waals surface area contributed by atoms with Gasteiger partial charge in [-0.25, -0.2) is 9.79 Å². The Morgan fingerprint density at radius 1 is 1.19 bits per heavy atom. The fourth-order valence-electron chi connectivity index (χ4n) is 4.16. The number of thioether (sulfide) groups is 1. The second-order valence-corrected chi connectivity index (χ2v) is 10.5. The largest absolute Gasteiger partial charge is 0.493 e. The van der Waals surface area contributed by atoms with Gasteiger partial charge >= 0.3 is 5.97 Å². The molecule has 2 heterocycles. The molecular weight excluding hydrogens is 508 g/mol. The summed E-state index contributed by atoms with van der Waals surface area (Å²) in [5.74, 6) is 0.595. The standard InChI is InChI=1S/C28H30N2O5S2/c1-7-34-27(32)24-17(4)29-28-30(25(24)19-10-13-21(35-16(2)3)22(15-19)33-5)26(31)23(37-28)14-18-8-11-20(36-6)12-9-18/h8-16,25H,7H2,1-6H3/b23-14-/t25-/m1/s1. The van der Waals surface area contributed by atoms with Gasteiger partial charge < -0.3 is 14.2 Å². The van der Waals surface area contributed by atoms with Gasteiger partial charge in [-0.1, -0.05) is 29.5 Å². The Balaban J connectivity index is 1.92. The first-order valence-electron chi connectivity index (χ1n) is 12.0. The Bertz CT molecular complexity index is 1520. The van der Waals surface area contributed by atoms with Gasteiger partial charge in [-0.2, -0.15) is 0 Å². The molecule has 1 aliphatic rings. The van der Waals surface area contributed by atoms with E-state index >= 15 is 0 Å². The zero-order valence-electron chi connectivity index (χ0n) is 21.7. The molecule has 0 spiro atoms. The predicted molar refractivity (Wildman–Crippen MR) is 147 cm³/mol. The fraction of sp³-hybridized carbons (Fsp3) is 0.321. The van der Waals surface area contributed by atoms with Crippen molar-refractivity contribution in [3.8, 4) is 11.5 Å². The van der Waals surface area contributed by atoms with Gasteiger partial charge in [-0.3, -0.25) is 9.36 Å². The summed E-state index contributed by atoms with van der Waals surface area (Å²) >= 11 is 2.96. The zero-order chi connectivity index (χ0) is 26.7. The highest BCUT2D eigenvalue weighted by atomic mass is 32.2. The van der Waals surface area contributed by atoms with Crippen LogP contribution in [0.4, 0.5) is 0 Å². The average Bonchev–Trinajstić information content (AvgIpc) is 3.17. The molecule has 0 amide bonds. The number of hydrogen-bond acceptors (Lipinski definition) is 8. The van der Waals surface area contributed by atoms with E-state index in [4.69, 9.17) is 14.2 Å². The van der Waals surface area contributed by atoms with E-state index < -0.39 is 12.0 Å². The van der Waals surface area contributed by atoms with E-state index in [1.165, 1.54) is 11.3 Å². The summed E-state index contributed by atoms with van der Waals surface area (Å²) in [5.41, 5.74) is 2.23. The van der Waals surface area contributed by atoms with Crippen molar-refractivity contribution >= 4 is 35.1 Å². The van der Waals surface area contributed by atoms with Gasteiger partial charge in [0, 0.05) is 4.90 Å². The number of fused-ring (bicyclic) bond motifs is 1. The Labute approximate surface area is 224 Å². The number of benzene rings is 2. The molecule has 0 radical (unpaired) electrons. The van der Waals surface area contributed by atoms with Crippen LogP contribution in [0.25, 0.3) is 6.08 Å². The van der Waals surface area contributed by atoms with Crippen LogP contribution < -0.4 is 24.4 Å². The summed E-state index contributed by atoms with van der Waals surface area (Å²) in [6.45, 7) is 7.60. The van der Waals surface area contributed by atoms with E-state index in [9.17, 15) is 9.59 Å². The maximum atomic E-state index is 13.8. The minimum absolute atomic E-state index is 0.0420. The van der Waals surface area contributed by atoms with Gasteiger partial charge in [0.25, 0.3) is 5.56 Å². The molecule has 3 aromatic rings. The van der Waals surface area contributed by atoms with Crippen molar-refractivity contribution in [2.45, 2.75) is 44.7 Å². The lowest BCUT2D eigenvalue weighted by atomic mass is 9.95. The van der Waals surface area contributed by atoms with E-state index in [1.807, 2.05) is 56.5 Å². The molecule has 0 fully saturated rings. The normalized spacial score (nSPS) is 15.4. The van der Waals surface area contributed by atoms with E-state index in [0.717, 1.165) is 10.5 Å². The highest BCUT2D eigenvalue weighted by Crippen LogP contribution is 2.36. The van der Waals surface area contributed by atoms with E-state index in [-0.39, 0.29) is 18.3 Å². The zero-order valence-corrected chi connectivity index (χ0v) is 23.4. The molecule has 37 heavy (non-hydrogen) atoms. The molecule has 0 saturated carbocycles. The molecule has 9 heteroatoms. The smallest absolute Gasteiger partial charge is 0.338 e. The van der Waals surface area contributed by atoms with Crippen molar-refractivity contribution in [1.29, 1.82) is 0 Å². The molecule has 1 atom stereocenters. The molecule has 0 unspecified atom stereocenters. The van der Waals surface area contributed by atoms with Crippen LogP contribution in [0.3, 0.4) is 0 Å². The first-order valence-corrected chi connectivity index (χ1v) is 14.0. The third kappa shape index (κ3) is 5.52. The molecule has 194 valence electrons. The molecule has 7 nitrogen and oxygen atoms in total. The van der Waals surface area contributed by atoms with Crippen LogP contribution in [0.1, 0.15) is 44.9 Å². The second-order valence-electron chi connectivity index (χ2n) is 8.65. The Hall–Kier alpha value is -3.30. The van der Waals surface area contributed by atoms with Crippen LogP contribution in [-0.2, 0) is 9.53 Å². The van der Waals surface area contributed by atoms with Crippen LogP contribution in [0, 0.1) is 0 Å². The number of nitrogens with zero attached hydrogens (tertiary/aromatic N) is 2. The van der Waals surface area contributed by atoms with Crippen LogP contribution in [-0.4, -0.2) is 36.6 Å². The maximum absolute atomic E-state index is 13.8. The number of carbonyl (C=O) groups is 1. The van der Waals surface area contributed by atoms with Crippen molar-refractivity contribution < 1.29 is 19.0 Å². The molecular formula is C28H30N2O5S2. The van der Waals surface area contributed by atoms with Gasteiger partial charge in [-0.05, 0) is 75.4 Å². The Morgan fingerprint density at radius 2 is 1.92 bits per heavy atom. The van der Waals surface area contributed by atoms with E-state index in [2.05, 4.69) is 4.99 Å². The minimum atomic E-state index is -0.724. The van der Waals surface area contributed by atoms with Crippen LogP contribution in [0.5, 0.6) is 11.5 Å². The number of thiazole rings is 1. The van der Waals surface area contributed by atoms with Gasteiger partial charge in [0.2, 0.25) is 0 Å². The number of esters is 1. The lowest BCUT2D eigenvalue weighted by Gasteiger charge is -2.25. The first-order chi connectivity index (χ1) is 17.8. The predicted octanol–water partition coefficient (Wildman–Crippen LogP) is 4.32. The molecule has 0 saturated heterocycles. The van der Waals surface area contributed by atoms with Crippen molar-refractivity contribution in [3.63, 3.8) is 0 Å². The van der Waals surface area contributed by atoms with Crippen LogP contribution >= 0.6 is 23.1 Å². The minimum Gasteiger partial charge on any atom is -0.493 e. The fourth-order valence-corrected chi connectivity index (χ4v) is 5.62. The molecule has 1 aromatic heterocycles. The Kier molecular flexibility index (Phi) is 8.24. The quantitative estimate of drug-likeness (QED) is 0.314. The molecule has 1 aliphatic heterocycles. The SMILES string of the molecule is CCOC(=O)C1=C(C)N=c2s/c(=C\c3ccc(SC)cc3)c(=O)n2[C@@H]1c1ccc(OC(C)C)c(OC)c1. The van der Waals surface area contributed by atoms with Crippen molar-refractivity contribution in [1.82, 2.24) is 4.57 Å². The number of methoxy groups -OCH3 is 1. The van der Waals surface area contributed by atoms with Crippen molar-refractivity contribution in [2.24, 2.45) is 4.99 Å². The number of hydrogen-bond donors (Lipinski definition) is 0. The molecule has 0 aliphatic carbocycles. The van der Waals surface area contributed by atoms with Gasteiger partial charge in [0.15, 0.2) is 16.3 Å². The van der Waals surface area contributed by atoms with E-state index in [0.29, 0.717) is 37.7 Å². The summed E-state index contributed by atoms with van der Waals surface area (Å²) in [5, 5.41) is 0. The van der Waals surface area contributed by atoms with Crippen LogP contribution in [0.2, 0.25) is 0 Å². The molecule has 2 aromatic carbocycles. The van der Waals surface area contributed by atoms with Gasteiger partial charge in [-0.15, -0.1) is 11.8 Å². The molecule has 0 bridgehead atoms. The number of carbonyl (C=O) groups excluding carboxylic acids is 1. The average molecular weight is 539 g/mol. The lowest BCUT2D eigenvalue weighted by molar-refractivity contribution is -0.139. The number of aromatic nitrogens is 1. The third-order valence-corrected chi connectivity index (χ3v) is 7.52. The van der Waals surface area contributed by atoms with E-state index in [1.54, 1.807) is 49.4 Å². The van der Waals surface area contributed by atoms with Gasteiger partial charge in [0.05, 0.1) is 41.7 Å². The van der Waals surface area contributed by atoms with Gasteiger partial charge in [0.1, 0.15) is 0 Å². The summed E-state index contributed by atoms with van der Waals surface area (Å²) in [7, 11) is 1.56. The summed E-state index contributed by atoms with van der Waals surface area (Å²) in [4.78, 5) is 33.2.